The number of anilines is 1. The Morgan fingerprint density at radius 3 is 2.80 bits per heavy atom. The minimum Gasteiger partial charge on any atom is -0.380 e. The molecule has 2 aromatic rings. The lowest BCUT2D eigenvalue weighted by molar-refractivity contribution is 0.613. The highest BCUT2D eigenvalue weighted by atomic mass is 35.5. The van der Waals surface area contributed by atoms with Crippen molar-refractivity contribution in [3.8, 4) is 0 Å². The van der Waals surface area contributed by atoms with Crippen LogP contribution in [0.4, 0.5) is 10.1 Å². The fourth-order valence-electron chi connectivity index (χ4n) is 1.76. The number of halogens is 2. The highest BCUT2D eigenvalue weighted by Gasteiger charge is 2.07. The maximum atomic E-state index is 13.8. The van der Waals surface area contributed by atoms with Crippen LogP contribution in [0, 0.1) is 5.82 Å². The molecule has 0 radical (unpaired) electrons. The number of para-hydroxylation sites is 1. The highest BCUT2D eigenvalue weighted by Crippen LogP contribution is 2.28. The van der Waals surface area contributed by atoms with E-state index in [4.69, 9.17) is 11.6 Å². The van der Waals surface area contributed by atoms with Crippen molar-refractivity contribution < 1.29 is 4.39 Å². The van der Waals surface area contributed by atoms with Gasteiger partial charge in [0.15, 0.2) is 0 Å². The molecule has 0 saturated carbocycles. The molecule has 0 spiro atoms. The zero-order chi connectivity index (χ0) is 14.4. The summed E-state index contributed by atoms with van der Waals surface area (Å²) in [5.74, 6) is 0.474. The van der Waals surface area contributed by atoms with E-state index >= 15 is 0 Å². The summed E-state index contributed by atoms with van der Waals surface area (Å²) in [7, 11) is 0. The summed E-state index contributed by atoms with van der Waals surface area (Å²) in [4.78, 5) is 1.12. The zero-order valence-electron chi connectivity index (χ0n) is 10.9. The molecular weight excluding hydrogens is 293 g/mol. The number of nitrogens with one attached hydrogen (secondary N) is 1. The van der Waals surface area contributed by atoms with Crippen molar-refractivity contribution in [2.75, 3.05) is 11.1 Å². The smallest absolute Gasteiger partial charge is 0.146 e. The van der Waals surface area contributed by atoms with E-state index in [0.717, 1.165) is 16.3 Å². The molecule has 2 aromatic carbocycles. The minimum atomic E-state index is -0.363. The van der Waals surface area contributed by atoms with Gasteiger partial charge < -0.3 is 5.32 Å². The van der Waals surface area contributed by atoms with Crippen LogP contribution in [-0.2, 0) is 6.54 Å². The van der Waals surface area contributed by atoms with Gasteiger partial charge in [0.25, 0.3) is 0 Å². The molecule has 0 atom stereocenters. The first-order valence-corrected chi connectivity index (χ1v) is 7.58. The van der Waals surface area contributed by atoms with Crippen LogP contribution in [0.25, 0.3) is 0 Å². The molecule has 0 fully saturated rings. The summed E-state index contributed by atoms with van der Waals surface area (Å²) in [5.41, 5.74) is 1.54. The van der Waals surface area contributed by atoms with Gasteiger partial charge in [-0.3, -0.25) is 0 Å². The van der Waals surface area contributed by atoms with E-state index in [1.54, 1.807) is 30.0 Å². The van der Waals surface area contributed by atoms with Gasteiger partial charge in [-0.15, -0.1) is 18.3 Å². The average Bonchev–Trinajstić information content (AvgIpc) is 2.47. The Balaban J connectivity index is 2.10. The van der Waals surface area contributed by atoms with E-state index in [-0.39, 0.29) is 10.8 Å². The first kappa shape index (κ1) is 14.9. The second-order valence-electron chi connectivity index (χ2n) is 4.16. The van der Waals surface area contributed by atoms with Gasteiger partial charge in [0.1, 0.15) is 5.82 Å². The van der Waals surface area contributed by atoms with Gasteiger partial charge in [0.05, 0.1) is 5.02 Å². The van der Waals surface area contributed by atoms with E-state index in [1.165, 1.54) is 0 Å². The van der Waals surface area contributed by atoms with Crippen LogP contribution in [0.5, 0.6) is 0 Å². The third kappa shape index (κ3) is 3.78. The summed E-state index contributed by atoms with van der Waals surface area (Å²) >= 11 is 7.47. The Morgan fingerprint density at radius 2 is 2.00 bits per heavy atom. The molecule has 0 aliphatic heterocycles. The summed E-state index contributed by atoms with van der Waals surface area (Å²) in [6.45, 7) is 4.12. The molecule has 0 aliphatic carbocycles. The number of thioether (sulfide) groups is 1. The molecule has 20 heavy (non-hydrogen) atoms. The van der Waals surface area contributed by atoms with Gasteiger partial charge >= 0.3 is 0 Å². The standard InChI is InChI=1S/C16H15ClFNS/c1-2-10-20-15-9-4-3-8-14(15)19-11-12-6-5-7-13(17)16(12)18/h2-9,19H,1,10-11H2. The fourth-order valence-corrected chi connectivity index (χ4v) is 2.72. The quantitative estimate of drug-likeness (QED) is 0.569. The van der Waals surface area contributed by atoms with Crippen LogP contribution in [0.3, 0.4) is 0 Å². The van der Waals surface area contributed by atoms with Gasteiger partial charge in [-0.05, 0) is 18.2 Å². The third-order valence-corrected chi connectivity index (χ3v) is 4.11. The second kappa shape index (κ2) is 7.36. The van der Waals surface area contributed by atoms with Crippen molar-refractivity contribution in [2.24, 2.45) is 0 Å². The molecule has 1 N–H and O–H groups in total. The van der Waals surface area contributed by atoms with Crippen molar-refractivity contribution in [3.05, 3.63) is 71.5 Å². The maximum Gasteiger partial charge on any atom is 0.146 e. The second-order valence-corrected chi connectivity index (χ2v) is 5.63. The summed E-state index contributed by atoms with van der Waals surface area (Å²) in [6, 6.07) is 13.0. The number of benzene rings is 2. The molecule has 0 saturated heterocycles. The first-order chi connectivity index (χ1) is 9.72. The molecule has 1 nitrogen and oxygen atoms in total. The largest absolute Gasteiger partial charge is 0.380 e. The summed E-state index contributed by atoms with van der Waals surface area (Å²) < 4.78 is 13.8. The molecule has 0 unspecified atom stereocenters. The summed E-state index contributed by atoms with van der Waals surface area (Å²) in [6.07, 6.45) is 1.86. The Morgan fingerprint density at radius 1 is 1.20 bits per heavy atom. The van der Waals surface area contributed by atoms with Gasteiger partial charge in [-0.1, -0.05) is 41.9 Å². The first-order valence-electron chi connectivity index (χ1n) is 6.22. The normalized spacial score (nSPS) is 10.3. The monoisotopic (exact) mass is 307 g/mol. The van der Waals surface area contributed by atoms with E-state index in [0.29, 0.717) is 12.1 Å². The predicted molar refractivity (Wildman–Crippen MR) is 86.1 cm³/mol. The third-order valence-electron chi connectivity index (χ3n) is 2.74. The predicted octanol–water partition coefficient (Wildman–Crippen LogP) is 5.37. The number of hydrogen-bond donors (Lipinski definition) is 1. The average molecular weight is 308 g/mol. The molecule has 0 amide bonds. The van der Waals surface area contributed by atoms with Crippen LogP contribution < -0.4 is 5.32 Å². The molecule has 0 aliphatic rings. The number of rotatable bonds is 6. The van der Waals surface area contributed by atoms with E-state index in [1.807, 2.05) is 30.3 Å². The Bertz CT molecular complexity index is 601. The maximum absolute atomic E-state index is 13.8. The van der Waals surface area contributed by atoms with Crippen molar-refractivity contribution in [1.82, 2.24) is 0 Å². The fraction of sp³-hybridized carbons (Fsp3) is 0.125. The van der Waals surface area contributed by atoms with Gasteiger partial charge in [0.2, 0.25) is 0 Å². The van der Waals surface area contributed by atoms with E-state index < -0.39 is 0 Å². The van der Waals surface area contributed by atoms with Crippen molar-refractivity contribution >= 4 is 29.1 Å². The Labute approximate surface area is 127 Å². The number of hydrogen-bond acceptors (Lipinski definition) is 2. The lowest BCUT2D eigenvalue weighted by Gasteiger charge is -2.12. The van der Waals surface area contributed by atoms with Gasteiger partial charge in [-0.2, -0.15) is 0 Å². The Kier molecular flexibility index (Phi) is 5.50. The van der Waals surface area contributed by atoms with Crippen molar-refractivity contribution in [3.63, 3.8) is 0 Å². The topological polar surface area (TPSA) is 12.0 Å². The van der Waals surface area contributed by atoms with Crippen LogP contribution in [0.1, 0.15) is 5.56 Å². The van der Waals surface area contributed by atoms with Crippen LogP contribution >= 0.6 is 23.4 Å². The van der Waals surface area contributed by atoms with Gasteiger partial charge in [-0.25, -0.2) is 4.39 Å². The van der Waals surface area contributed by atoms with Crippen molar-refractivity contribution in [1.29, 1.82) is 0 Å². The summed E-state index contributed by atoms with van der Waals surface area (Å²) in [5, 5.41) is 3.40. The molecule has 104 valence electrons. The molecular formula is C16H15ClFNS. The zero-order valence-corrected chi connectivity index (χ0v) is 12.5. The molecule has 2 rings (SSSR count). The lowest BCUT2D eigenvalue weighted by Crippen LogP contribution is -2.03. The molecule has 0 bridgehead atoms. The van der Waals surface area contributed by atoms with E-state index in [9.17, 15) is 4.39 Å². The highest BCUT2D eigenvalue weighted by molar-refractivity contribution is 7.99. The van der Waals surface area contributed by atoms with Crippen LogP contribution in [0.15, 0.2) is 60.0 Å². The molecule has 0 aromatic heterocycles. The lowest BCUT2D eigenvalue weighted by atomic mass is 10.2. The SMILES string of the molecule is C=CCSc1ccccc1NCc1cccc(Cl)c1F. The minimum absolute atomic E-state index is 0.151. The van der Waals surface area contributed by atoms with Gasteiger partial charge in [0, 0.05) is 28.4 Å². The van der Waals surface area contributed by atoms with Crippen molar-refractivity contribution in [2.45, 2.75) is 11.4 Å². The van der Waals surface area contributed by atoms with Crippen LogP contribution in [-0.4, -0.2) is 5.75 Å². The molecule has 0 heterocycles. The van der Waals surface area contributed by atoms with E-state index in [2.05, 4.69) is 11.9 Å². The van der Waals surface area contributed by atoms with Crippen LogP contribution in [0.2, 0.25) is 5.02 Å². The Hall–Kier alpha value is -1.45. The molecule has 4 heteroatoms.